The topological polar surface area (TPSA) is 127 Å². The molecule has 11 heteroatoms. The van der Waals surface area contributed by atoms with E-state index in [4.69, 9.17) is 4.74 Å². The maximum atomic E-state index is 12.9. The van der Waals surface area contributed by atoms with Gasteiger partial charge in [0.1, 0.15) is 18.2 Å². The molecule has 2 heterocycles. The molecule has 328 valence electrons. The number of allylic oxidation sites excluding steroid dienone is 5. The molecule has 0 spiro atoms. The maximum Gasteiger partial charge on any atom is 0.313 e. The highest BCUT2D eigenvalue weighted by Crippen LogP contribution is 2.76. The monoisotopic (exact) mass is 834 g/mol. The van der Waals surface area contributed by atoms with Gasteiger partial charge in [0.25, 0.3) is 0 Å². The number of carboxylic acid groups (broad SMARTS) is 1. The van der Waals surface area contributed by atoms with Gasteiger partial charge in [-0.1, -0.05) is 64.1 Å². The number of carbonyl (C=O) groups is 1. The predicted molar refractivity (Wildman–Crippen MR) is 234 cm³/mol. The van der Waals surface area contributed by atoms with Crippen molar-refractivity contribution >= 4 is 15.8 Å². The smallest absolute Gasteiger partial charge is 0.313 e. The summed E-state index contributed by atoms with van der Waals surface area (Å²) in [6.07, 6.45) is 19.3. The number of nitrogens with zero attached hydrogens (tertiary/aromatic N) is 4. The number of hydrogen-bond acceptors (Lipinski definition) is 8. The first kappa shape index (κ1) is 43.2. The fourth-order valence-electron chi connectivity index (χ4n) is 15.5. The van der Waals surface area contributed by atoms with Gasteiger partial charge in [-0.25, -0.2) is 13.1 Å². The summed E-state index contributed by atoms with van der Waals surface area (Å²) in [5.41, 5.74) is 4.03. The number of aliphatic carboxylic acids is 1. The first-order valence-electron chi connectivity index (χ1n) is 23.2. The molecule has 2 unspecified atom stereocenters. The van der Waals surface area contributed by atoms with Crippen molar-refractivity contribution in [1.82, 2.24) is 25.2 Å². The third kappa shape index (κ3) is 6.92. The van der Waals surface area contributed by atoms with Crippen LogP contribution in [0.2, 0.25) is 0 Å². The van der Waals surface area contributed by atoms with E-state index in [9.17, 15) is 18.3 Å². The molecule has 2 N–H and O–H groups in total. The van der Waals surface area contributed by atoms with Gasteiger partial charge in [0.15, 0.2) is 9.84 Å². The molecular formula is C48H75N5O5S. The number of aromatic nitrogens is 3. The number of nitrogens with one attached hydrogen (secondary N) is 1. The molecule has 5 fully saturated rings. The quantitative estimate of drug-likeness (QED) is 0.211. The normalized spacial score (nSPS) is 41.5. The van der Waals surface area contributed by atoms with Crippen molar-refractivity contribution < 1.29 is 23.1 Å². The summed E-state index contributed by atoms with van der Waals surface area (Å²) in [7, 11) is -2.88. The van der Waals surface area contributed by atoms with Crippen LogP contribution in [0.25, 0.3) is 0 Å². The summed E-state index contributed by atoms with van der Waals surface area (Å²) in [5, 5.41) is 22.9. The van der Waals surface area contributed by atoms with Gasteiger partial charge in [0.2, 0.25) is 5.88 Å². The highest BCUT2D eigenvalue weighted by molar-refractivity contribution is 7.91. The van der Waals surface area contributed by atoms with Crippen molar-refractivity contribution in [2.24, 2.45) is 56.7 Å². The summed E-state index contributed by atoms with van der Waals surface area (Å²) in [6, 6.07) is 0.0756. The Balaban J connectivity index is 1.00. The Morgan fingerprint density at radius 3 is 2.37 bits per heavy atom. The van der Waals surface area contributed by atoms with E-state index >= 15 is 0 Å². The minimum Gasteiger partial charge on any atom is -0.481 e. The lowest BCUT2D eigenvalue weighted by Crippen LogP contribution is -2.68. The molecule has 0 amide bonds. The molecule has 10 atom stereocenters. The van der Waals surface area contributed by atoms with Gasteiger partial charge in [-0.2, -0.15) is 0 Å². The van der Waals surface area contributed by atoms with E-state index in [1.54, 1.807) is 10.9 Å². The molecule has 4 saturated carbocycles. The minimum absolute atomic E-state index is 0.00620. The van der Waals surface area contributed by atoms with Gasteiger partial charge < -0.3 is 20.1 Å². The fraction of sp³-hybridized carbons (Fsp3) is 0.812. The number of ether oxygens (including phenoxy) is 1. The van der Waals surface area contributed by atoms with E-state index in [2.05, 4.69) is 80.8 Å². The van der Waals surface area contributed by atoms with Crippen LogP contribution < -0.4 is 10.1 Å². The summed E-state index contributed by atoms with van der Waals surface area (Å²) in [5.74, 6) is 3.32. The second-order valence-electron chi connectivity index (χ2n) is 22.2. The summed E-state index contributed by atoms with van der Waals surface area (Å²) < 4.78 is 32.0. The standard InChI is InChI=1S/C48H75N5O5S/c1-32(2)35-14-21-48(49-24-25-52-26-28-59(56,57)29-27-52)23-22-45(8)37(41(35)48)10-11-39-44(7)17-15-36(43(5,6)38(44)16-18-46(39,45)9)34-12-19-47(20-13-34,42(54)55)31-58-40-30-50-51-53(40)33(3)4/h12,15,30,33,35,37-39,41,49H,1,10-11,13-14,16-29,31H2,2-9H3,(H,54,55)/t35?,37-,38+,39-,41-,44+,45-,46-,47?,48+/m1/s1. The molecule has 6 aliphatic carbocycles. The summed E-state index contributed by atoms with van der Waals surface area (Å²) in [6.45, 7) is 27.3. The van der Waals surface area contributed by atoms with E-state index in [0.29, 0.717) is 72.9 Å². The van der Waals surface area contributed by atoms with Gasteiger partial charge in [-0.3, -0.25) is 4.79 Å². The van der Waals surface area contributed by atoms with Crippen LogP contribution in [0.3, 0.4) is 0 Å². The number of fused-ring (bicyclic) bond motifs is 7. The lowest BCUT2D eigenvalue weighted by atomic mass is 9.33. The van der Waals surface area contributed by atoms with Crippen LogP contribution in [0.1, 0.15) is 138 Å². The van der Waals surface area contributed by atoms with Crippen LogP contribution in [0.15, 0.2) is 41.6 Å². The lowest BCUT2D eigenvalue weighted by molar-refractivity contribution is -0.221. The van der Waals surface area contributed by atoms with Crippen molar-refractivity contribution in [2.45, 2.75) is 144 Å². The molecule has 10 nitrogen and oxygen atoms in total. The average Bonchev–Trinajstić information content (AvgIpc) is 3.81. The second kappa shape index (κ2) is 15.1. The zero-order valence-corrected chi connectivity index (χ0v) is 38.4. The Labute approximate surface area is 355 Å². The van der Waals surface area contributed by atoms with Gasteiger partial charge in [-0.05, 0) is 160 Å². The average molecular weight is 834 g/mol. The van der Waals surface area contributed by atoms with Crippen molar-refractivity contribution in [3.63, 3.8) is 0 Å². The zero-order chi connectivity index (χ0) is 42.4. The molecule has 0 radical (unpaired) electrons. The lowest BCUT2D eigenvalue weighted by Gasteiger charge is -2.72. The molecule has 59 heavy (non-hydrogen) atoms. The van der Waals surface area contributed by atoms with E-state index in [1.165, 1.54) is 68.1 Å². The molecule has 0 bridgehead atoms. The maximum absolute atomic E-state index is 12.9. The van der Waals surface area contributed by atoms with Crippen LogP contribution in [-0.4, -0.2) is 89.2 Å². The van der Waals surface area contributed by atoms with Gasteiger partial charge >= 0.3 is 5.97 Å². The largest absolute Gasteiger partial charge is 0.481 e. The molecule has 1 aromatic heterocycles. The predicted octanol–water partition coefficient (Wildman–Crippen LogP) is 8.69. The van der Waals surface area contributed by atoms with Crippen molar-refractivity contribution in [3.8, 4) is 5.88 Å². The Hall–Kier alpha value is -2.50. The molecule has 8 rings (SSSR count). The van der Waals surface area contributed by atoms with E-state index < -0.39 is 21.2 Å². The first-order valence-corrected chi connectivity index (χ1v) is 25.0. The Kier molecular flexibility index (Phi) is 11.0. The van der Waals surface area contributed by atoms with E-state index in [-0.39, 0.29) is 39.8 Å². The fourth-order valence-corrected chi connectivity index (χ4v) is 16.8. The van der Waals surface area contributed by atoms with Gasteiger partial charge in [0, 0.05) is 31.7 Å². The van der Waals surface area contributed by atoms with Crippen LogP contribution >= 0.6 is 0 Å². The number of sulfone groups is 1. The van der Waals surface area contributed by atoms with Crippen molar-refractivity contribution in [3.05, 3.63) is 41.6 Å². The van der Waals surface area contributed by atoms with E-state index in [1.807, 2.05) is 13.8 Å². The zero-order valence-electron chi connectivity index (χ0n) is 37.6. The first-order chi connectivity index (χ1) is 27.7. The molecule has 7 aliphatic rings. The molecule has 0 aromatic carbocycles. The number of rotatable bonds is 11. The van der Waals surface area contributed by atoms with Crippen LogP contribution in [0, 0.1) is 56.7 Å². The Morgan fingerprint density at radius 2 is 1.71 bits per heavy atom. The Morgan fingerprint density at radius 1 is 0.966 bits per heavy atom. The van der Waals surface area contributed by atoms with Crippen LogP contribution in [0.4, 0.5) is 0 Å². The third-order valence-corrected chi connectivity index (χ3v) is 20.5. The van der Waals surface area contributed by atoms with Crippen LogP contribution in [0.5, 0.6) is 5.88 Å². The SMILES string of the molecule is C=C(C)C1CC[C@]2(NCCN3CCS(=O)(=O)CC3)CC[C@]3(C)[C@H](CC[C@@H]4[C@@]5(C)CC=C(C6=CCC(COc7cnnn7C(C)C)(C(=O)O)CC6)C(C)(C)[C@@H]5CC[C@]43C)[C@@H]12. The van der Waals surface area contributed by atoms with Gasteiger partial charge in [-0.15, -0.1) is 5.10 Å². The second-order valence-corrected chi connectivity index (χ2v) is 24.5. The van der Waals surface area contributed by atoms with Crippen LogP contribution in [-0.2, 0) is 14.6 Å². The minimum atomic E-state index is -2.88. The van der Waals surface area contributed by atoms with Crippen molar-refractivity contribution in [1.29, 1.82) is 0 Å². The number of carboxylic acids is 1. The summed E-state index contributed by atoms with van der Waals surface area (Å²) in [4.78, 5) is 15.2. The van der Waals surface area contributed by atoms with E-state index in [0.717, 1.165) is 25.9 Å². The molecular weight excluding hydrogens is 759 g/mol. The molecule has 1 saturated heterocycles. The molecule has 1 aromatic rings. The summed E-state index contributed by atoms with van der Waals surface area (Å²) >= 11 is 0. The number of hydrogen-bond donors (Lipinski definition) is 2. The third-order valence-electron chi connectivity index (χ3n) is 18.9. The molecule has 1 aliphatic heterocycles. The van der Waals surface area contributed by atoms with Crippen molar-refractivity contribution in [2.75, 3.05) is 44.3 Å². The van der Waals surface area contributed by atoms with Gasteiger partial charge in [0.05, 0.1) is 17.5 Å². The highest BCUT2D eigenvalue weighted by Gasteiger charge is 2.70. The Bertz CT molecular complexity index is 1970. The highest BCUT2D eigenvalue weighted by atomic mass is 32.2.